The predicted octanol–water partition coefficient (Wildman–Crippen LogP) is 10.9. The monoisotopic (exact) mass is 1310 g/mol. The minimum absolute atomic E-state index is 0.0259. The van der Waals surface area contributed by atoms with Gasteiger partial charge < -0.3 is 53.1 Å². The zero-order valence-electron chi connectivity index (χ0n) is 55.4. The van der Waals surface area contributed by atoms with Gasteiger partial charge in [0, 0.05) is 97.9 Å². The topological polar surface area (TPSA) is 252 Å². The molecule has 2 amide bonds. The number of rotatable bonds is 30. The Morgan fingerprint density at radius 3 is 2.08 bits per heavy atom. The second kappa shape index (κ2) is 32.3. The molecule has 0 radical (unpaired) electrons. The zero-order chi connectivity index (χ0) is 67.9. The maximum Gasteiger partial charge on any atom is 0.336 e. The molecule has 9 rings (SSSR count). The van der Waals surface area contributed by atoms with Gasteiger partial charge in [-0.05, 0) is 130 Å². The molecule has 4 N–H and O–H groups in total. The molecule has 498 valence electrons. The molecule has 3 heterocycles. The van der Waals surface area contributed by atoms with Gasteiger partial charge in [-0.1, -0.05) is 67.4 Å². The van der Waals surface area contributed by atoms with E-state index in [1.165, 1.54) is 35.0 Å². The van der Waals surface area contributed by atoms with Gasteiger partial charge >= 0.3 is 11.7 Å². The lowest BCUT2D eigenvalue weighted by Crippen LogP contribution is -2.39. The van der Waals surface area contributed by atoms with Crippen molar-refractivity contribution in [2.75, 3.05) is 73.6 Å². The summed E-state index contributed by atoms with van der Waals surface area (Å²) in [6.45, 7) is 8.91. The summed E-state index contributed by atoms with van der Waals surface area (Å²) in [5.41, 5.74) is 3.28. The van der Waals surface area contributed by atoms with Crippen molar-refractivity contribution in [2.45, 2.75) is 102 Å². The Hall–Kier alpha value is -9.26. The number of carboxylic acid groups (broad SMARTS) is 1. The Balaban J connectivity index is 0.864. The SMILES string of the molecule is COc1ccc(C(OC[C@H]2O[C@@H](n3cc(/C=C/C(=O)NCCCCCCNC(=O)c4ccc(C(=O)O)c(-c5c6ccc(=[N+](C)C)cc-6oc6cc(N(C)C)ccc56)c4)c(=O)[nH]c3=O)C[C@@H]2OP(OCCC#N)N(C(C)C)C(C)C)(c2ccccc2)c2ccc(OC)cc2)cc1. The van der Waals surface area contributed by atoms with E-state index < -0.39 is 55.7 Å². The average molecular weight is 1310 g/mol. The van der Waals surface area contributed by atoms with Crippen LogP contribution in [0.2, 0.25) is 0 Å². The maximum absolute atomic E-state index is 13.9. The molecule has 21 nitrogen and oxygen atoms in total. The quantitative estimate of drug-likeness (QED) is 0.00815. The van der Waals surface area contributed by atoms with Gasteiger partial charge in [-0.2, -0.15) is 5.26 Å². The van der Waals surface area contributed by atoms with Crippen LogP contribution in [0.1, 0.15) is 115 Å². The highest BCUT2D eigenvalue weighted by atomic mass is 31.2. The number of carbonyl (C=O) groups is 3. The van der Waals surface area contributed by atoms with Crippen LogP contribution >= 0.6 is 8.53 Å². The minimum Gasteiger partial charge on any atom is -0.497 e. The molecule has 0 bridgehead atoms. The smallest absolute Gasteiger partial charge is 0.336 e. The summed E-state index contributed by atoms with van der Waals surface area (Å²) in [5.74, 6) is -0.0537. The van der Waals surface area contributed by atoms with E-state index in [4.69, 9.17) is 32.4 Å². The lowest BCUT2D eigenvalue weighted by atomic mass is 9.80. The van der Waals surface area contributed by atoms with Crippen molar-refractivity contribution in [3.63, 3.8) is 0 Å². The number of aromatic amines is 1. The molecule has 1 fully saturated rings. The van der Waals surface area contributed by atoms with Gasteiger partial charge in [0.05, 0.1) is 63.2 Å². The first kappa shape index (κ1) is 70.1. The van der Waals surface area contributed by atoms with Crippen molar-refractivity contribution in [1.82, 2.24) is 29.4 Å². The Bertz CT molecular complexity index is 4160. The summed E-state index contributed by atoms with van der Waals surface area (Å²) in [6, 6.07) is 43.4. The second-order valence-electron chi connectivity index (χ2n) is 24.1. The molecule has 5 aromatic carbocycles. The van der Waals surface area contributed by atoms with E-state index in [1.54, 1.807) is 20.3 Å². The standard InChI is InChI=1S/C73H83N8O13P/c1-47(2)81(48(3)4)95(91-40-18-37-74)94-64-44-67(93-65(64)46-90-73(51-19-14-13-15-20-51,52-23-29-56(88-9)30-24-52)53-25-31-57(89-10)32-26-53)80-45-50(70(84)77-72(80)87)22-36-66(82)75-38-16-11-12-17-39-76-69(83)49-21-33-58(71(85)86)61(41-49)68-59-34-27-54(78(5)6)42-62(59)92-63-43-55(79(7)8)28-35-60(63)68/h13-15,19-36,41-43,45,47-48,64-65,67H,11-12,16-18,38-40,44,46H2,1-10H3,(H3-,75,76,77,82,83,84,85,86,87)/p+1/b36-22+/t64-,65+,67+,95?/m0/s1. The summed E-state index contributed by atoms with van der Waals surface area (Å²) in [7, 11) is 9.12. The van der Waals surface area contributed by atoms with Gasteiger partial charge in [0.15, 0.2) is 0 Å². The predicted molar refractivity (Wildman–Crippen MR) is 368 cm³/mol. The van der Waals surface area contributed by atoms with Gasteiger partial charge in [0.1, 0.15) is 54.9 Å². The third-order valence-electron chi connectivity index (χ3n) is 16.6. The molecular weight excluding hydrogens is 1230 g/mol. The van der Waals surface area contributed by atoms with E-state index in [0.717, 1.165) is 40.6 Å². The van der Waals surface area contributed by atoms with E-state index in [2.05, 4.69) is 26.4 Å². The number of hydrogen-bond donors (Lipinski definition) is 4. The molecule has 1 aromatic heterocycles. The van der Waals surface area contributed by atoms with Crippen molar-refractivity contribution in [1.29, 1.82) is 5.26 Å². The zero-order valence-corrected chi connectivity index (χ0v) is 56.3. The van der Waals surface area contributed by atoms with Crippen LogP contribution in [0.5, 0.6) is 11.5 Å². The van der Waals surface area contributed by atoms with Crippen LogP contribution in [0.15, 0.2) is 160 Å². The number of anilines is 1. The van der Waals surface area contributed by atoms with Gasteiger partial charge in [0.2, 0.25) is 11.3 Å². The summed E-state index contributed by atoms with van der Waals surface area (Å²) < 4.78 is 50.6. The van der Waals surface area contributed by atoms with Crippen LogP contribution in [-0.2, 0) is 28.9 Å². The van der Waals surface area contributed by atoms with E-state index in [1.807, 2.05) is 181 Å². The molecule has 1 saturated heterocycles. The van der Waals surface area contributed by atoms with Gasteiger partial charge in [0.25, 0.3) is 20.0 Å². The average Bonchev–Trinajstić information content (AvgIpc) is 0.949. The number of hydrogen-bond acceptors (Lipinski definition) is 15. The molecule has 0 saturated carbocycles. The number of fused-ring (bicyclic) bond motifs is 2. The lowest BCUT2D eigenvalue weighted by Gasteiger charge is -2.39. The molecular formula is C73H84N8O13P+. The highest BCUT2D eigenvalue weighted by molar-refractivity contribution is 7.44. The summed E-state index contributed by atoms with van der Waals surface area (Å²) in [4.78, 5) is 71.5. The number of nitriles is 1. The first-order chi connectivity index (χ1) is 45.7. The molecule has 0 spiro atoms. The van der Waals surface area contributed by atoms with Crippen molar-refractivity contribution in [3.8, 4) is 40.0 Å². The molecule has 2 aliphatic heterocycles. The highest BCUT2D eigenvalue weighted by Crippen LogP contribution is 2.51. The van der Waals surface area contributed by atoms with Crippen molar-refractivity contribution >= 4 is 49.0 Å². The van der Waals surface area contributed by atoms with Crippen LogP contribution < -0.4 is 46.2 Å². The third-order valence-corrected chi connectivity index (χ3v) is 18.8. The van der Waals surface area contributed by atoms with Crippen LogP contribution in [0, 0.1) is 11.3 Å². The molecule has 4 atom stereocenters. The summed E-state index contributed by atoms with van der Waals surface area (Å²) >= 11 is 0. The van der Waals surface area contributed by atoms with Crippen LogP contribution in [0.4, 0.5) is 5.69 Å². The molecule has 22 heteroatoms. The van der Waals surface area contributed by atoms with E-state index in [0.29, 0.717) is 76.4 Å². The molecule has 3 aliphatic rings. The Morgan fingerprint density at radius 1 is 0.821 bits per heavy atom. The summed E-state index contributed by atoms with van der Waals surface area (Å²) in [5, 5.41) is 27.4. The van der Waals surface area contributed by atoms with Crippen molar-refractivity contribution in [2.24, 2.45) is 0 Å². The highest BCUT2D eigenvalue weighted by Gasteiger charge is 2.45. The number of nitrogens with zero attached hydrogens (tertiary/aromatic N) is 5. The molecule has 95 heavy (non-hydrogen) atoms. The molecule has 1 aliphatic carbocycles. The Morgan fingerprint density at radius 2 is 1.47 bits per heavy atom. The second-order valence-corrected chi connectivity index (χ2v) is 25.5. The van der Waals surface area contributed by atoms with Crippen LogP contribution in [0.25, 0.3) is 39.5 Å². The van der Waals surface area contributed by atoms with Crippen molar-refractivity contribution in [3.05, 3.63) is 205 Å². The number of carbonyl (C=O) groups excluding carboxylic acids is 2. The van der Waals surface area contributed by atoms with Gasteiger partial charge in [-0.3, -0.25) is 23.9 Å². The van der Waals surface area contributed by atoms with E-state index in [9.17, 15) is 34.3 Å². The number of ether oxygens (including phenoxy) is 4. The fourth-order valence-electron chi connectivity index (χ4n) is 11.8. The van der Waals surface area contributed by atoms with Crippen molar-refractivity contribution < 1.29 is 51.9 Å². The fraction of sp³-hybridized carbons (Fsp3) is 0.356. The van der Waals surface area contributed by atoms with Gasteiger partial charge in [-0.15, -0.1) is 0 Å². The molecule has 1 unspecified atom stereocenters. The Labute approximate surface area is 554 Å². The number of benzene rings is 6. The minimum atomic E-state index is -1.81. The number of H-pyrrole nitrogens is 1. The van der Waals surface area contributed by atoms with Crippen LogP contribution in [-0.4, -0.2) is 130 Å². The first-order valence-electron chi connectivity index (χ1n) is 31.8. The first-order valence-corrected chi connectivity index (χ1v) is 32.9. The number of aromatic nitrogens is 2. The fourth-order valence-corrected chi connectivity index (χ4v) is 13.6. The number of unbranched alkanes of at least 4 members (excludes halogenated alkanes) is 3. The lowest BCUT2D eigenvalue weighted by molar-refractivity contribution is -0.116. The third kappa shape index (κ3) is 16.6. The van der Waals surface area contributed by atoms with E-state index in [-0.39, 0.29) is 55.2 Å². The Kier molecular flexibility index (Phi) is 23.8. The number of aromatic carboxylic acids is 1. The van der Waals surface area contributed by atoms with E-state index >= 15 is 0 Å². The number of amides is 2. The number of nitrogens with one attached hydrogen (secondary N) is 3. The normalized spacial score (nSPS) is 15.2. The van der Waals surface area contributed by atoms with Gasteiger partial charge in [-0.25, -0.2) is 18.8 Å². The summed E-state index contributed by atoms with van der Waals surface area (Å²) in [6.07, 6.45) is 4.37. The van der Waals surface area contributed by atoms with Crippen LogP contribution in [0.3, 0.4) is 0 Å². The molecule has 6 aromatic rings. The number of methoxy groups -OCH3 is 2. The number of carboxylic acids is 1. The maximum atomic E-state index is 13.9. The largest absolute Gasteiger partial charge is 0.497 e.